The highest BCUT2D eigenvalue weighted by atomic mass is 15.0. The molecule has 3 nitrogen and oxygen atoms in total. The minimum Gasteiger partial charge on any atom is -0.340 e. The maximum absolute atomic E-state index is 4.40. The number of aromatic nitrogens is 2. The molecule has 0 aliphatic carbocycles. The largest absolute Gasteiger partial charge is 0.340 e. The summed E-state index contributed by atoms with van der Waals surface area (Å²) >= 11 is 0. The van der Waals surface area contributed by atoms with E-state index in [-0.39, 0.29) is 0 Å². The van der Waals surface area contributed by atoms with E-state index in [1.807, 2.05) is 17.9 Å². The second-order valence-electron chi connectivity index (χ2n) is 4.32. The maximum atomic E-state index is 4.40. The van der Waals surface area contributed by atoms with Crippen LogP contribution in [0.5, 0.6) is 0 Å². The molecule has 0 unspecified atom stereocenters. The van der Waals surface area contributed by atoms with Gasteiger partial charge in [0.1, 0.15) is 0 Å². The van der Waals surface area contributed by atoms with E-state index >= 15 is 0 Å². The fraction of sp³-hybridized carbons (Fsp3) is 0.308. The summed E-state index contributed by atoms with van der Waals surface area (Å²) in [4.78, 5) is 6.57. The van der Waals surface area contributed by atoms with Gasteiger partial charge in [-0.05, 0) is 19.7 Å². The van der Waals surface area contributed by atoms with Crippen LogP contribution >= 0.6 is 0 Å². The minimum absolute atomic E-state index is 0.937. The Balaban J connectivity index is 2.40. The van der Waals surface area contributed by atoms with Crippen molar-refractivity contribution in [3.05, 3.63) is 42.4 Å². The molecule has 3 heteroatoms. The van der Waals surface area contributed by atoms with Crippen molar-refractivity contribution < 1.29 is 0 Å². The van der Waals surface area contributed by atoms with Crippen LogP contribution in [0.2, 0.25) is 0 Å². The lowest BCUT2D eigenvalue weighted by Crippen LogP contribution is -2.11. The zero-order valence-electron chi connectivity index (χ0n) is 10.0. The molecule has 1 aromatic heterocycles. The predicted molar refractivity (Wildman–Crippen MR) is 66.0 cm³/mol. The quantitative estimate of drug-likeness (QED) is 0.782. The van der Waals surface area contributed by atoms with Crippen molar-refractivity contribution in [2.45, 2.75) is 6.54 Å². The molecule has 1 heterocycles. The number of hydrogen-bond acceptors (Lipinski definition) is 2. The molecule has 2 rings (SSSR count). The summed E-state index contributed by atoms with van der Waals surface area (Å²) in [6, 6.07) is 8.42. The Kier molecular flexibility index (Phi) is 3.06. The van der Waals surface area contributed by atoms with Gasteiger partial charge in [-0.15, -0.1) is 0 Å². The summed E-state index contributed by atoms with van der Waals surface area (Å²) < 4.78 is 1.97. The first-order chi connectivity index (χ1) is 7.66. The SMILES string of the molecule is CN(C)Cc1ccccc1-c1cn(C)cn1. The third-order valence-corrected chi connectivity index (χ3v) is 2.48. The van der Waals surface area contributed by atoms with Crippen LogP contribution in [0.15, 0.2) is 36.8 Å². The zero-order chi connectivity index (χ0) is 11.5. The van der Waals surface area contributed by atoms with Gasteiger partial charge in [0.2, 0.25) is 0 Å². The average molecular weight is 215 g/mol. The number of benzene rings is 1. The molecule has 1 aromatic carbocycles. The molecular formula is C13H17N3. The number of hydrogen-bond donors (Lipinski definition) is 0. The normalized spacial score (nSPS) is 11.0. The molecule has 0 radical (unpaired) electrons. The Hall–Kier alpha value is -1.61. The van der Waals surface area contributed by atoms with Crippen LogP contribution in [-0.2, 0) is 13.6 Å². The number of nitrogens with zero attached hydrogens (tertiary/aromatic N) is 3. The van der Waals surface area contributed by atoms with Crippen molar-refractivity contribution in [3.8, 4) is 11.3 Å². The van der Waals surface area contributed by atoms with Crippen LogP contribution in [0.3, 0.4) is 0 Å². The second kappa shape index (κ2) is 4.49. The Bertz CT molecular complexity index is 472. The van der Waals surface area contributed by atoms with E-state index in [1.54, 1.807) is 0 Å². The van der Waals surface area contributed by atoms with Crippen LogP contribution in [0.25, 0.3) is 11.3 Å². The van der Waals surface area contributed by atoms with Gasteiger partial charge in [0.15, 0.2) is 0 Å². The van der Waals surface area contributed by atoms with Crippen molar-refractivity contribution in [1.82, 2.24) is 14.5 Å². The molecule has 0 fully saturated rings. The summed E-state index contributed by atoms with van der Waals surface area (Å²) in [7, 11) is 6.15. The molecule has 0 bridgehead atoms. The van der Waals surface area contributed by atoms with Crippen molar-refractivity contribution in [2.75, 3.05) is 14.1 Å². The van der Waals surface area contributed by atoms with Crippen molar-refractivity contribution in [3.63, 3.8) is 0 Å². The molecule has 0 aliphatic heterocycles. The minimum atomic E-state index is 0.937. The first-order valence-corrected chi connectivity index (χ1v) is 5.38. The lowest BCUT2D eigenvalue weighted by molar-refractivity contribution is 0.403. The van der Waals surface area contributed by atoms with Crippen LogP contribution in [0.4, 0.5) is 0 Å². The highest BCUT2D eigenvalue weighted by Gasteiger charge is 2.07. The molecule has 0 atom stereocenters. The maximum Gasteiger partial charge on any atom is 0.0951 e. The summed E-state index contributed by atoms with van der Waals surface area (Å²) in [5.41, 5.74) is 3.57. The molecule has 0 amide bonds. The summed E-state index contributed by atoms with van der Waals surface area (Å²) in [6.45, 7) is 0.937. The summed E-state index contributed by atoms with van der Waals surface area (Å²) in [6.07, 6.45) is 3.89. The molecule has 0 spiro atoms. The van der Waals surface area contributed by atoms with Gasteiger partial charge in [0, 0.05) is 25.4 Å². The smallest absolute Gasteiger partial charge is 0.0951 e. The monoisotopic (exact) mass is 215 g/mol. The van der Waals surface area contributed by atoms with E-state index in [2.05, 4.69) is 54.4 Å². The number of aryl methyl sites for hydroxylation is 1. The van der Waals surface area contributed by atoms with E-state index < -0.39 is 0 Å². The Labute approximate surface area is 96.3 Å². The lowest BCUT2D eigenvalue weighted by Gasteiger charge is -2.12. The third kappa shape index (κ3) is 2.31. The first-order valence-electron chi connectivity index (χ1n) is 5.38. The van der Waals surface area contributed by atoms with Crippen molar-refractivity contribution in [1.29, 1.82) is 0 Å². The molecule has 0 saturated carbocycles. The standard InChI is InChI=1S/C13H17N3/c1-15(2)8-11-6-4-5-7-12(11)13-9-16(3)10-14-13/h4-7,9-10H,8H2,1-3H3. The molecule has 2 aromatic rings. The molecule has 0 saturated heterocycles. The van der Waals surface area contributed by atoms with Gasteiger partial charge in [-0.3, -0.25) is 0 Å². The van der Waals surface area contributed by atoms with Crippen LogP contribution in [-0.4, -0.2) is 28.5 Å². The van der Waals surface area contributed by atoms with Crippen LogP contribution < -0.4 is 0 Å². The van der Waals surface area contributed by atoms with Crippen LogP contribution in [0, 0.1) is 0 Å². The van der Waals surface area contributed by atoms with E-state index in [4.69, 9.17) is 0 Å². The van der Waals surface area contributed by atoms with E-state index in [0.717, 1.165) is 12.2 Å². The second-order valence-corrected chi connectivity index (χ2v) is 4.32. The number of imidazole rings is 1. The van der Waals surface area contributed by atoms with E-state index in [1.165, 1.54) is 11.1 Å². The first kappa shape index (κ1) is 10.9. The zero-order valence-corrected chi connectivity index (χ0v) is 10.0. The van der Waals surface area contributed by atoms with E-state index in [0.29, 0.717) is 0 Å². The summed E-state index contributed by atoms with van der Waals surface area (Å²) in [5, 5.41) is 0. The van der Waals surface area contributed by atoms with Gasteiger partial charge in [-0.25, -0.2) is 4.98 Å². The third-order valence-electron chi connectivity index (χ3n) is 2.48. The van der Waals surface area contributed by atoms with Gasteiger partial charge in [0.05, 0.1) is 12.0 Å². The topological polar surface area (TPSA) is 21.1 Å². The van der Waals surface area contributed by atoms with Gasteiger partial charge >= 0.3 is 0 Å². The average Bonchev–Trinajstić information content (AvgIpc) is 2.65. The fourth-order valence-corrected chi connectivity index (χ4v) is 1.80. The van der Waals surface area contributed by atoms with Gasteiger partial charge < -0.3 is 9.47 Å². The van der Waals surface area contributed by atoms with Gasteiger partial charge in [-0.2, -0.15) is 0 Å². The van der Waals surface area contributed by atoms with Crippen molar-refractivity contribution in [2.24, 2.45) is 7.05 Å². The Morgan fingerprint density at radius 2 is 2.00 bits per heavy atom. The fourth-order valence-electron chi connectivity index (χ4n) is 1.80. The molecule has 0 aliphatic rings. The molecular weight excluding hydrogens is 198 g/mol. The van der Waals surface area contributed by atoms with Gasteiger partial charge in [-0.1, -0.05) is 24.3 Å². The summed E-state index contributed by atoms with van der Waals surface area (Å²) in [5.74, 6) is 0. The van der Waals surface area contributed by atoms with Gasteiger partial charge in [0.25, 0.3) is 0 Å². The molecule has 0 N–H and O–H groups in total. The Morgan fingerprint density at radius 1 is 1.25 bits per heavy atom. The highest BCUT2D eigenvalue weighted by Crippen LogP contribution is 2.22. The predicted octanol–water partition coefficient (Wildman–Crippen LogP) is 2.15. The molecule has 16 heavy (non-hydrogen) atoms. The lowest BCUT2D eigenvalue weighted by atomic mass is 10.0. The van der Waals surface area contributed by atoms with Crippen LogP contribution in [0.1, 0.15) is 5.56 Å². The highest BCUT2D eigenvalue weighted by molar-refractivity contribution is 5.62. The van der Waals surface area contributed by atoms with E-state index in [9.17, 15) is 0 Å². The molecule has 84 valence electrons. The van der Waals surface area contributed by atoms with Crippen molar-refractivity contribution >= 4 is 0 Å². The Morgan fingerprint density at radius 3 is 2.62 bits per heavy atom. The number of rotatable bonds is 3.